The topological polar surface area (TPSA) is 9.23 Å². The maximum absolute atomic E-state index is 4.84. The molecule has 0 atom stereocenters. The Morgan fingerprint density at radius 3 is 1.25 bits per heavy atom. The average molecular weight is 260 g/mol. The summed E-state index contributed by atoms with van der Waals surface area (Å²) in [6, 6.07) is 0. The molecule has 0 saturated heterocycles. The first-order chi connectivity index (χ1) is 2.27. The zero-order valence-corrected chi connectivity index (χ0v) is 9.62. The molecule has 0 fully saturated rings. The van der Waals surface area contributed by atoms with Crippen LogP contribution in [0.2, 0.25) is 0 Å². The molecule has 0 bridgehead atoms. The van der Waals surface area contributed by atoms with Crippen molar-refractivity contribution in [2.24, 2.45) is 0 Å². The number of halogens is 3. The van der Waals surface area contributed by atoms with Gasteiger partial charge < -0.3 is 0 Å². The van der Waals surface area contributed by atoms with Crippen molar-refractivity contribution in [1.82, 2.24) is 0 Å². The van der Waals surface area contributed by atoms with Crippen LogP contribution in [-0.2, 0) is 28.0 Å². The second kappa shape index (κ2) is 15.9. The van der Waals surface area contributed by atoms with Gasteiger partial charge in [0, 0.05) is 0 Å². The van der Waals surface area contributed by atoms with Crippen LogP contribution in [0.15, 0.2) is 0 Å². The molecule has 0 unspecified atom stereocenters. The second-order valence-electron chi connectivity index (χ2n) is 1.17. The smallest absolute Gasteiger partial charge is 0.147 e. The SMILES string of the molecule is CC(C)[O][Zr].Cl.Cl.Cl. The van der Waals surface area contributed by atoms with Gasteiger partial charge in [-0.1, -0.05) is 0 Å². The monoisotopic (exact) mass is 257 g/mol. The van der Waals surface area contributed by atoms with Crippen molar-refractivity contribution in [3.05, 3.63) is 0 Å². The molecule has 8 heavy (non-hydrogen) atoms. The van der Waals surface area contributed by atoms with Gasteiger partial charge in [0.1, 0.15) is 0 Å². The molecule has 53 valence electrons. The van der Waals surface area contributed by atoms with Crippen molar-refractivity contribution in [3.63, 3.8) is 0 Å². The molecule has 0 aromatic carbocycles. The standard InChI is InChI=1S/C3H7O.3ClH.Zr/c1-3(2)4;;;;/h3H,1-2H3;3*1H;/q-1;;;;+1. The molecule has 0 aromatic rings. The van der Waals surface area contributed by atoms with Gasteiger partial charge in [-0.3, -0.25) is 0 Å². The molecule has 0 heterocycles. The zero-order chi connectivity index (χ0) is 4.28. The Bertz CT molecular complexity index is 28.5. The molecule has 0 aliphatic carbocycles. The van der Waals surface area contributed by atoms with E-state index < -0.39 is 0 Å². The van der Waals surface area contributed by atoms with Crippen molar-refractivity contribution < 1.29 is 28.0 Å². The molecule has 0 aliphatic heterocycles. The van der Waals surface area contributed by atoms with Crippen molar-refractivity contribution in [2.75, 3.05) is 0 Å². The van der Waals surface area contributed by atoms with Gasteiger partial charge in [0.2, 0.25) is 0 Å². The minimum atomic E-state index is 0. The quantitative estimate of drug-likeness (QED) is 0.701. The first-order valence-electron chi connectivity index (χ1n) is 1.59. The Kier molecular flexibility index (Phi) is 44.8. The van der Waals surface area contributed by atoms with E-state index in [4.69, 9.17) is 2.81 Å². The molecule has 0 spiro atoms. The number of hydrogen-bond acceptors (Lipinski definition) is 1. The van der Waals surface area contributed by atoms with Gasteiger partial charge >= 0.3 is 47.9 Å². The second-order valence-corrected chi connectivity index (χ2v) is 1.75. The average Bonchev–Trinajstić information content (AvgIpc) is 1.38. The third kappa shape index (κ3) is 25.2. The van der Waals surface area contributed by atoms with E-state index in [0.29, 0.717) is 6.10 Å². The Morgan fingerprint density at radius 1 is 1.12 bits per heavy atom. The fourth-order valence-corrected chi connectivity index (χ4v) is 0. The van der Waals surface area contributed by atoms with Crippen molar-refractivity contribution in [3.8, 4) is 0 Å². The van der Waals surface area contributed by atoms with E-state index in [1.807, 2.05) is 13.8 Å². The van der Waals surface area contributed by atoms with Gasteiger partial charge in [-0.15, -0.1) is 37.2 Å². The number of hydrogen-bond donors (Lipinski definition) is 0. The first kappa shape index (κ1) is 22.6. The Morgan fingerprint density at radius 2 is 1.25 bits per heavy atom. The largest absolute Gasteiger partial charge is 0.147 e. The van der Waals surface area contributed by atoms with E-state index in [1.54, 1.807) is 0 Å². The van der Waals surface area contributed by atoms with Crippen molar-refractivity contribution >= 4 is 37.2 Å². The summed E-state index contributed by atoms with van der Waals surface area (Å²) in [5, 5.41) is 0. The molecule has 1 nitrogen and oxygen atoms in total. The summed E-state index contributed by atoms with van der Waals surface area (Å²) in [6.07, 6.45) is 0.424. The third-order valence-electron chi connectivity index (χ3n) is 0.236. The fraction of sp³-hybridized carbons (Fsp3) is 1.00. The molecule has 0 saturated carbocycles. The van der Waals surface area contributed by atoms with E-state index >= 15 is 0 Å². The van der Waals surface area contributed by atoms with Crippen LogP contribution in [-0.4, -0.2) is 6.10 Å². The minimum Gasteiger partial charge on any atom is -0.147 e. The van der Waals surface area contributed by atoms with E-state index in [2.05, 4.69) is 0 Å². The maximum atomic E-state index is 4.84. The summed E-state index contributed by atoms with van der Waals surface area (Å²) in [4.78, 5) is 0. The van der Waals surface area contributed by atoms with Crippen LogP contribution < -0.4 is 0 Å². The van der Waals surface area contributed by atoms with Crippen molar-refractivity contribution in [1.29, 1.82) is 0 Å². The Balaban J connectivity index is -0.0000000267. The maximum Gasteiger partial charge on any atom is -0.147 e. The van der Waals surface area contributed by atoms with Crippen LogP contribution in [0.5, 0.6) is 0 Å². The van der Waals surface area contributed by atoms with E-state index in [9.17, 15) is 0 Å². The van der Waals surface area contributed by atoms with Crippen LogP contribution >= 0.6 is 37.2 Å². The van der Waals surface area contributed by atoms with Gasteiger partial charge in [-0.25, -0.2) is 0 Å². The van der Waals surface area contributed by atoms with Crippen LogP contribution in [0.1, 0.15) is 13.8 Å². The van der Waals surface area contributed by atoms with E-state index in [0.717, 1.165) is 25.2 Å². The molecule has 0 radical (unpaired) electrons. The molecular weight excluding hydrogens is 250 g/mol. The summed E-state index contributed by atoms with van der Waals surface area (Å²) >= 11 is 1.16. The predicted octanol–water partition coefficient (Wildman–Crippen LogP) is 2.14. The summed E-state index contributed by atoms with van der Waals surface area (Å²) in [6.45, 7) is 4.04. The van der Waals surface area contributed by atoms with Crippen LogP contribution in [0.3, 0.4) is 0 Å². The van der Waals surface area contributed by atoms with Gasteiger partial charge in [-0.05, 0) is 0 Å². The zero-order valence-electron chi connectivity index (χ0n) is 4.71. The third-order valence-corrected chi connectivity index (χ3v) is 1.39. The molecule has 0 aliphatic rings. The van der Waals surface area contributed by atoms with Crippen LogP contribution in [0, 0.1) is 0 Å². The molecule has 0 N–H and O–H groups in total. The van der Waals surface area contributed by atoms with Crippen molar-refractivity contribution in [2.45, 2.75) is 20.0 Å². The summed E-state index contributed by atoms with van der Waals surface area (Å²) in [5.41, 5.74) is 0. The molecule has 0 aromatic heterocycles. The summed E-state index contributed by atoms with van der Waals surface area (Å²) in [7, 11) is 0. The summed E-state index contributed by atoms with van der Waals surface area (Å²) < 4.78 is 4.84. The molecule has 5 heteroatoms. The Labute approximate surface area is 84.6 Å². The van der Waals surface area contributed by atoms with E-state index in [-0.39, 0.29) is 37.2 Å². The molecule has 0 rings (SSSR count). The van der Waals surface area contributed by atoms with Gasteiger partial charge in [0.25, 0.3) is 0 Å². The van der Waals surface area contributed by atoms with Crippen LogP contribution in [0.4, 0.5) is 0 Å². The fourth-order valence-electron chi connectivity index (χ4n) is 0. The first-order valence-corrected chi connectivity index (χ1v) is 2.60. The predicted molar refractivity (Wildman–Crippen MR) is 38.0 cm³/mol. The van der Waals surface area contributed by atoms with Gasteiger partial charge in [0.15, 0.2) is 0 Å². The van der Waals surface area contributed by atoms with Crippen LogP contribution in [0.25, 0.3) is 0 Å². The van der Waals surface area contributed by atoms with Gasteiger partial charge in [0.05, 0.1) is 0 Å². The summed E-state index contributed by atoms with van der Waals surface area (Å²) in [5.74, 6) is 0. The van der Waals surface area contributed by atoms with Gasteiger partial charge in [-0.2, -0.15) is 0 Å². The molecule has 0 amide bonds. The van der Waals surface area contributed by atoms with E-state index in [1.165, 1.54) is 0 Å². The Hall–Kier alpha value is 1.71. The number of rotatable bonds is 1. The normalized spacial score (nSPS) is 5.75. The minimum absolute atomic E-state index is 0. The molecular formula is C3H10Cl3OZr.